The summed E-state index contributed by atoms with van der Waals surface area (Å²) >= 11 is 6.13. The number of halogens is 1. The van der Waals surface area contributed by atoms with Crippen molar-refractivity contribution in [2.75, 3.05) is 0 Å². The highest BCUT2D eigenvalue weighted by molar-refractivity contribution is 6.33. The molecular weight excluding hydrogens is 498 g/mol. The number of benzene rings is 4. The molecule has 0 bridgehead atoms. The maximum absolute atomic E-state index is 12.8. The van der Waals surface area contributed by atoms with Crippen molar-refractivity contribution in [3.63, 3.8) is 0 Å². The minimum atomic E-state index is -0.941. The van der Waals surface area contributed by atoms with Gasteiger partial charge in [0.25, 0.3) is 11.6 Å². The summed E-state index contributed by atoms with van der Waals surface area (Å²) in [6.45, 7) is 1.51. The number of nitrogens with zero attached hydrogens (tertiary/aromatic N) is 2. The fourth-order valence-corrected chi connectivity index (χ4v) is 3.65. The van der Waals surface area contributed by atoms with Crippen LogP contribution in [-0.4, -0.2) is 29.1 Å². The monoisotopic (exact) mass is 517 g/mol. The zero-order valence-corrected chi connectivity index (χ0v) is 20.2. The quantitative estimate of drug-likeness (QED) is 0.108. The number of nitro benzene ring substituents is 1. The SMILES string of the molecule is C[C@@H](Oc1ccc([N+](=O)[O-])cc1)C(=O)N/N=C\c1c(OC(=O)c2ccccc2Cl)ccc2ccccc12. The Balaban J connectivity index is 1.51. The molecule has 0 aliphatic rings. The van der Waals surface area contributed by atoms with E-state index in [-0.39, 0.29) is 22.0 Å². The van der Waals surface area contributed by atoms with Gasteiger partial charge >= 0.3 is 5.97 Å². The number of carbonyl (C=O) groups is 2. The lowest BCUT2D eigenvalue weighted by Gasteiger charge is -2.13. The highest BCUT2D eigenvalue weighted by Crippen LogP contribution is 2.28. The third-order valence-corrected chi connectivity index (χ3v) is 5.65. The largest absolute Gasteiger partial charge is 0.481 e. The fraction of sp³-hybridized carbons (Fsp3) is 0.0741. The molecule has 1 amide bonds. The van der Waals surface area contributed by atoms with Crippen LogP contribution in [0.25, 0.3) is 10.8 Å². The standard InChI is InChI=1S/C27H20ClN3O6/c1-17(36-20-13-11-19(12-14-20)31(34)35)26(32)30-29-16-23-21-7-3-2-6-18(21)10-15-25(23)37-27(33)22-8-4-5-9-24(22)28/h2-17H,1H3,(H,30,32)/b29-16-/t17-/m1/s1. The number of hydrogen-bond acceptors (Lipinski definition) is 7. The topological polar surface area (TPSA) is 120 Å². The van der Waals surface area contributed by atoms with Gasteiger partial charge in [-0.3, -0.25) is 14.9 Å². The maximum Gasteiger partial charge on any atom is 0.345 e. The van der Waals surface area contributed by atoms with Gasteiger partial charge in [-0.15, -0.1) is 0 Å². The van der Waals surface area contributed by atoms with Gasteiger partial charge in [0.1, 0.15) is 11.5 Å². The predicted octanol–water partition coefficient (Wildman–Crippen LogP) is 5.54. The Hall–Kier alpha value is -4.76. The Labute approximate surface area is 216 Å². The van der Waals surface area contributed by atoms with Crippen molar-refractivity contribution in [2.45, 2.75) is 13.0 Å². The van der Waals surface area contributed by atoms with E-state index in [4.69, 9.17) is 21.1 Å². The molecule has 1 atom stereocenters. The molecule has 0 aliphatic carbocycles. The van der Waals surface area contributed by atoms with Crippen LogP contribution in [0.3, 0.4) is 0 Å². The molecule has 1 N–H and O–H groups in total. The summed E-state index contributed by atoms with van der Waals surface area (Å²) in [5.74, 6) is -0.661. The first-order valence-electron chi connectivity index (χ1n) is 11.1. The number of nitrogens with one attached hydrogen (secondary N) is 1. The summed E-state index contributed by atoms with van der Waals surface area (Å²) in [6.07, 6.45) is 0.442. The molecular formula is C27H20ClN3O6. The minimum absolute atomic E-state index is 0.0878. The van der Waals surface area contributed by atoms with Crippen LogP contribution < -0.4 is 14.9 Å². The minimum Gasteiger partial charge on any atom is -0.481 e. The number of hydrazone groups is 1. The number of nitro groups is 1. The highest BCUT2D eigenvalue weighted by atomic mass is 35.5. The van der Waals surface area contributed by atoms with Crippen molar-refractivity contribution in [3.8, 4) is 11.5 Å². The molecule has 0 saturated heterocycles. The predicted molar refractivity (Wildman–Crippen MR) is 139 cm³/mol. The van der Waals surface area contributed by atoms with Crippen molar-refractivity contribution in [3.05, 3.63) is 111 Å². The van der Waals surface area contributed by atoms with E-state index in [1.807, 2.05) is 24.3 Å². The third-order valence-electron chi connectivity index (χ3n) is 5.33. The smallest absolute Gasteiger partial charge is 0.345 e. The van der Waals surface area contributed by atoms with E-state index in [9.17, 15) is 19.7 Å². The van der Waals surface area contributed by atoms with Gasteiger partial charge in [0.15, 0.2) is 6.10 Å². The Morgan fingerprint density at radius 3 is 2.43 bits per heavy atom. The highest BCUT2D eigenvalue weighted by Gasteiger charge is 2.17. The molecule has 0 fully saturated rings. The Morgan fingerprint density at radius 2 is 1.70 bits per heavy atom. The number of fused-ring (bicyclic) bond motifs is 1. The Morgan fingerprint density at radius 1 is 1.00 bits per heavy atom. The Bertz CT molecular complexity index is 1500. The van der Waals surface area contributed by atoms with Crippen LogP contribution in [-0.2, 0) is 4.79 Å². The number of carbonyl (C=O) groups excluding carboxylic acids is 2. The maximum atomic E-state index is 12.8. The van der Waals surface area contributed by atoms with Crippen molar-refractivity contribution in [2.24, 2.45) is 5.10 Å². The second kappa shape index (κ2) is 11.3. The molecule has 0 saturated carbocycles. The van der Waals surface area contributed by atoms with E-state index >= 15 is 0 Å². The summed E-state index contributed by atoms with van der Waals surface area (Å²) in [7, 11) is 0. The van der Waals surface area contributed by atoms with E-state index in [1.165, 1.54) is 37.4 Å². The zero-order chi connectivity index (χ0) is 26.4. The number of amides is 1. The van der Waals surface area contributed by atoms with Crippen molar-refractivity contribution in [1.29, 1.82) is 0 Å². The first kappa shape index (κ1) is 25.3. The molecule has 0 unspecified atom stereocenters. The number of esters is 1. The van der Waals surface area contributed by atoms with Gasteiger partial charge in [0, 0.05) is 17.7 Å². The summed E-state index contributed by atoms with van der Waals surface area (Å²) in [6, 6.07) is 22.8. The molecule has 4 rings (SSSR count). The number of non-ortho nitro benzene ring substituents is 1. The molecule has 4 aromatic carbocycles. The van der Waals surface area contributed by atoms with Crippen LogP contribution in [0.1, 0.15) is 22.8 Å². The molecule has 10 heteroatoms. The van der Waals surface area contributed by atoms with Crippen LogP contribution in [0.4, 0.5) is 5.69 Å². The molecule has 0 aromatic heterocycles. The first-order chi connectivity index (χ1) is 17.8. The second-order valence-electron chi connectivity index (χ2n) is 7.81. The van der Waals surface area contributed by atoms with Crippen LogP contribution >= 0.6 is 11.6 Å². The van der Waals surface area contributed by atoms with Gasteiger partial charge in [0.05, 0.1) is 21.7 Å². The van der Waals surface area contributed by atoms with Crippen LogP contribution in [0, 0.1) is 10.1 Å². The van der Waals surface area contributed by atoms with Gasteiger partial charge in [0.2, 0.25) is 0 Å². The fourth-order valence-electron chi connectivity index (χ4n) is 3.43. The molecule has 0 heterocycles. The van der Waals surface area contributed by atoms with E-state index in [1.54, 1.807) is 36.4 Å². The molecule has 186 valence electrons. The van der Waals surface area contributed by atoms with Crippen molar-refractivity contribution >= 4 is 46.2 Å². The van der Waals surface area contributed by atoms with Crippen molar-refractivity contribution < 1.29 is 24.0 Å². The molecule has 4 aromatic rings. The van der Waals surface area contributed by atoms with Crippen molar-refractivity contribution in [1.82, 2.24) is 5.43 Å². The lowest BCUT2D eigenvalue weighted by Crippen LogP contribution is -2.33. The lowest BCUT2D eigenvalue weighted by atomic mass is 10.0. The second-order valence-corrected chi connectivity index (χ2v) is 8.22. The molecule has 0 aliphatic heterocycles. The molecule has 0 radical (unpaired) electrons. The molecule has 37 heavy (non-hydrogen) atoms. The third kappa shape index (κ3) is 6.09. The van der Waals surface area contributed by atoms with E-state index in [0.29, 0.717) is 11.3 Å². The van der Waals surface area contributed by atoms with Gasteiger partial charge < -0.3 is 9.47 Å². The van der Waals surface area contributed by atoms with Gasteiger partial charge in [-0.25, -0.2) is 10.2 Å². The van der Waals surface area contributed by atoms with Gasteiger partial charge in [-0.1, -0.05) is 54.1 Å². The molecule has 9 nitrogen and oxygen atoms in total. The summed E-state index contributed by atoms with van der Waals surface area (Å²) in [4.78, 5) is 35.5. The average Bonchev–Trinajstić information content (AvgIpc) is 2.90. The number of ether oxygens (including phenoxy) is 2. The number of rotatable bonds is 8. The lowest BCUT2D eigenvalue weighted by molar-refractivity contribution is -0.384. The van der Waals surface area contributed by atoms with E-state index in [0.717, 1.165) is 10.8 Å². The normalized spacial score (nSPS) is 11.7. The first-order valence-corrected chi connectivity index (χ1v) is 11.4. The van der Waals surface area contributed by atoms with Crippen LogP contribution in [0.5, 0.6) is 11.5 Å². The summed E-state index contributed by atoms with van der Waals surface area (Å²) < 4.78 is 11.2. The van der Waals surface area contributed by atoms with Crippen LogP contribution in [0.15, 0.2) is 90.0 Å². The van der Waals surface area contributed by atoms with Gasteiger partial charge in [-0.05, 0) is 48.0 Å². The van der Waals surface area contributed by atoms with E-state index in [2.05, 4.69) is 10.5 Å². The van der Waals surface area contributed by atoms with E-state index < -0.39 is 22.9 Å². The number of hydrogen-bond donors (Lipinski definition) is 1. The molecule has 0 spiro atoms. The average molecular weight is 518 g/mol. The zero-order valence-electron chi connectivity index (χ0n) is 19.5. The van der Waals surface area contributed by atoms with Crippen LogP contribution in [0.2, 0.25) is 5.02 Å². The van der Waals surface area contributed by atoms with Gasteiger partial charge in [-0.2, -0.15) is 5.10 Å². The summed E-state index contributed by atoms with van der Waals surface area (Å²) in [5.41, 5.74) is 3.00. The Kier molecular flexibility index (Phi) is 7.75. The summed E-state index contributed by atoms with van der Waals surface area (Å²) in [5, 5.41) is 16.7.